The van der Waals surface area contributed by atoms with Crippen LogP contribution in [0.5, 0.6) is 0 Å². The first-order chi connectivity index (χ1) is 6.61. The fourth-order valence-corrected chi connectivity index (χ4v) is 1.15. The number of hydrogen-bond acceptors (Lipinski definition) is 4. The molecule has 0 fully saturated rings. The van der Waals surface area contributed by atoms with Crippen LogP contribution in [0.4, 0.5) is 5.82 Å². The van der Waals surface area contributed by atoms with Crippen LogP contribution in [0.25, 0.3) is 0 Å². The van der Waals surface area contributed by atoms with E-state index in [0.717, 1.165) is 0 Å². The Labute approximate surface area is 83.3 Å². The molecule has 1 atom stereocenters. The lowest BCUT2D eigenvalue weighted by molar-refractivity contribution is 0.0978. The van der Waals surface area contributed by atoms with E-state index in [1.54, 1.807) is 18.3 Å². The van der Waals surface area contributed by atoms with Gasteiger partial charge >= 0.3 is 0 Å². The van der Waals surface area contributed by atoms with Crippen LogP contribution in [0.1, 0.15) is 30.1 Å². The summed E-state index contributed by atoms with van der Waals surface area (Å²) in [5.41, 5.74) is 11.6. The monoisotopic (exact) mass is 193 g/mol. The third-order valence-corrected chi connectivity index (χ3v) is 1.97. The number of hydrogen-bond donors (Lipinski definition) is 2. The molecule has 1 heterocycles. The molecule has 0 aromatic carbocycles. The zero-order chi connectivity index (χ0) is 10.6. The number of ketones is 1. The zero-order valence-electron chi connectivity index (χ0n) is 8.23. The lowest BCUT2D eigenvalue weighted by Crippen LogP contribution is -2.16. The molecule has 0 saturated heterocycles. The minimum Gasteiger partial charge on any atom is -0.383 e. The van der Waals surface area contributed by atoms with Gasteiger partial charge in [0.25, 0.3) is 0 Å². The fraction of sp³-hybridized carbons (Fsp3) is 0.400. The first-order valence-electron chi connectivity index (χ1n) is 4.60. The van der Waals surface area contributed by atoms with Crippen molar-refractivity contribution in [1.29, 1.82) is 0 Å². The van der Waals surface area contributed by atoms with Gasteiger partial charge in [-0.1, -0.05) is 0 Å². The lowest BCUT2D eigenvalue weighted by Gasteiger charge is -2.05. The van der Waals surface area contributed by atoms with E-state index in [0.29, 0.717) is 24.2 Å². The minimum absolute atomic E-state index is 0.00731. The smallest absolute Gasteiger partial charge is 0.166 e. The number of aromatic nitrogens is 1. The zero-order valence-corrected chi connectivity index (χ0v) is 8.23. The quantitative estimate of drug-likeness (QED) is 0.698. The molecule has 4 heteroatoms. The third kappa shape index (κ3) is 2.81. The molecule has 1 aromatic heterocycles. The molecule has 14 heavy (non-hydrogen) atoms. The Balaban J connectivity index is 2.65. The second kappa shape index (κ2) is 4.72. The van der Waals surface area contributed by atoms with Crippen LogP contribution in [0.15, 0.2) is 18.3 Å². The van der Waals surface area contributed by atoms with Gasteiger partial charge in [-0.05, 0) is 25.5 Å². The highest BCUT2D eigenvalue weighted by molar-refractivity contribution is 5.99. The maximum atomic E-state index is 11.6. The fourth-order valence-electron chi connectivity index (χ4n) is 1.15. The highest BCUT2D eigenvalue weighted by atomic mass is 16.1. The highest BCUT2D eigenvalue weighted by Gasteiger charge is 2.10. The molecule has 0 aliphatic carbocycles. The lowest BCUT2D eigenvalue weighted by atomic mass is 10.1. The largest absolute Gasteiger partial charge is 0.383 e. The molecule has 0 aliphatic rings. The van der Waals surface area contributed by atoms with E-state index in [9.17, 15) is 4.79 Å². The molecule has 0 saturated carbocycles. The van der Waals surface area contributed by atoms with Gasteiger partial charge in [0.05, 0.1) is 5.56 Å². The number of Topliss-reactive ketones (excluding diaryl/α,β-unsaturated/α-hetero) is 1. The molecule has 4 N–H and O–H groups in total. The van der Waals surface area contributed by atoms with E-state index in [4.69, 9.17) is 11.5 Å². The van der Waals surface area contributed by atoms with Crippen LogP contribution in [-0.2, 0) is 0 Å². The summed E-state index contributed by atoms with van der Waals surface area (Å²) in [5, 5.41) is 0. The van der Waals surface area contributed by atoms with E-state index in [1.165, 1.54) is 0 Å². The molecule has 0 bridgehead atoms. The number of nitrogen functional groups attached to an aromatic ring is 1. The Bertz CT molecular complexity index is 323. The van der Waals surface area contributed by atoms with E-state index in [1.807, 2.05) is 6.92 Å². The average Bonchev–Trinajstić information content (AvgIpc) is 2.15. The highest BCUT2D eigenvalue weighted by Crippen LogP contribution is 2.11. The van der Waals surface area contributed by atoms with E-state index in [-0.39, 0.29) is 11.8 Å². The van der Waals surface area contributed by atoms with Crippen molar-refractivity contribution in [3.63, 3.8) is 0 Å². The van der Waals surface area contributed by atoms with Crippen LogP contribution < -0.4 is 11.5 Å². The number of carbonyl (C=O) groups excluding carboxylic acids is 1. The molecule has 0 amide bonds. The minimum atomic E-state index is 0.00731. The summed E-state index contributed by atoms with van der Waals surface area (Å²) in [6.07, 6.45) is 2.67. The molecular weight excluding hydrogens is 178 g/mol. The number of carbonyl (C=O) groups is 1. The van der Waals surface area contributed by atoms with Crippen molar-refractivity contribution < 1.29 is 4.79 Å². The number of pyridine rings is 1. The normalized spacial score (nSPS) is 12.4. The van der Waals surface area contributed by atoms with E-state index < -0.39 is 0 Å². The predicted octanol–water partition coefficient (Wildman–Crippen LogP) is 0.974. The van der Waals surface area contributed by atoms with Crippen molar-refractivity contribution in [3.05, 3.63) is 23.9 Å². The van der Waals surface area contributed by atoms with Crippen molar-refractivity contribution in [2.75, 3.05) is 5.73 Å². The molecule has 0 spiro atoms. The van der Waals surface area contributed by atoms with Crippen LogP contribution in [-0.4, -0.2) is 16.8 Å². The van der Waals surface area contributed by atoms with E-state index >= 15 is 0 Å². The molecule has 1 aromatic rings. The van der Waals surface area contributed by atoms with Gasteiger partial charge in [-0.15, -0.1) is 0 Å². The van der Waals surface area contributed by atoms with Gasteiger partial charge in [0.1, 0.15) is 5.82 Å². The van der Waals surface area contributed by atoms with Crippen LogP contribution in [0, 0.1) is 0 Å². The third-order valence-electron chi connectivity index (χ3n) is 1.97. The first-order valence-corrected chi connectivity index (χ1v) is 4.60. The second-order valence-electron chi connectivity index (χ2n) is 3.38. The summed E-state index contributed by atoms with van der Waals surface area (Å²) < 4.78 is 0. The maximum Gasteiger partial charge on any atom is 0.166 e. The van der Waals surface area contributed by atoms with Crippen molar-refractivity contribution in [2.24, 2.45) is 5.73 Å². The molecule has 76 valence electrons. The maximum absolute atomic E-state index is 11.6. The van der Waals surface area contributed by atoms with Gasteiger partial charge in [-0.25, -0.2) is 4.98 Å². The van der Waals surface area contributed by atoms with Crippen LogP contribution >= 0.6 is 0 Å². The molecule has 1 rings (SSSR count). The second-order valence-corrected chi connectivity index (χ2v) is 3.38. The summed E-state index contributed by atoms with van der Waals surface area (Å²) in [6, 6.07) is 3.43. The van der Waals surface area contributed by atoms with Gasteiger partial charge < -0.3 is 11.5 Å². The summed E-state index contributed by atoms with van der Waals surface area (Å²) >= 11 is 0. The summed E-state index contributed by atoms with van der Waals surface area (Å²) in [6.45, 7) is 1.87. The number of anilines is 1. The number of nitrogens with zero attached hydrogens (tertiary/aromatic N) is 1. The Morgan fingerprint density at radius 2 is 2.36 bits per heavy atom. The predicted molar refractivity (Wildman–Crippen MR) is 55.9 cm³/mol. The van der Waals surface area contributed by atoms with Crippen molar-refractivity contribution in [3.8, 4) is 0 Å². The van der Waals surface area contributed by atoms with Gasteiger partial charge in [-0.3, -0.25) is 4.79 Å². The topological polar surface area (TPSA) is 82.0 Å². The Hall–Kier alpha value is -1.42. The van der Waals surface area contributed by atoms with E-state index in [2.05, 4.69) is 4.98 Å². The molecule has 4 nitrogen and oxygen atoms in total. The summed E-state index contributed by atoms with van der Waals surface area (Å²) in [7, 11) is 0. The summed E-state index contributed by atoms with van der Waals surface area (Å²) in [5.74, 6) is 0.301. The number of nitrogens with two attached hydrogens (primary N) is 2. The van der Waals surface area contributed by atoms with Crippen molar-refractivity contribution >= 4 is 11.6 Å². The average molecular weight is 193 g/mol. The van der Waals surface area contributed by atoms with Gasteiger partial charge in [0.2, 0.25) is 0 Å². The van der Waals surface area contributed by atoms with Gasteiger partial charge in [0, 0.05) is 18.7 Å². The Morgan fingerprint density at radius 1 is 1.64 bits per heavy atom. The van der Waals surface area contributed by atoms with Crippen molar-refractivity contribution in [1.82, 2.24) is 4.98 Å². The van der Waals surface area contributed by atoms with Crippen LogP contribution in [0.2, 0.25) is 0 Å². The molecule has 0 aliphatic heterocycles. The van der Waals surface area contributed by atoms with Gasteiger partial charge in [-0.2, -0.15) is 0 Å². The summed E-state index contributed by atoms with van der Waals surface area (Å²) in [4.78, 5) is 15.4. The van der Waals surface area contributed by atoms with Crippen molar-refractivity contribution in [2.45, 2.75) is 25.8 Å². The van der Waals surface area contributed by atoms with Crippen LogP contribution in [0.3, 0.4) is 0 Å². The SMILES string of the molecule is CC(N)CCC(=O)c1cccnc1N. The Morgan fingerprint density at radius 3 is 2.93 bits per heavy atom. The number of rotatable bonds is 4. The standard InChI is InChI=1S/C10H15N3O/c1-7(11)4-5-9(14)8-3-2-6-13-10(8)12/h2-3,6-7H,4-5,11H2,1H3,(H2,12,13). The molecule has 1 unspecified atom stereocenters. The molecule has 0 radical (unpaired) electrons. The van der Waals surface area contributed by atoms with Gasteiger partial charge in [0.15, 0.2) is 5.78 Å². The Kier molecular flexibility index (Phi) is 3.59. The first kappa shape index (κ1) is 10.7. The molecular formula is C10H15N3O.